The highest BCUT2D eigenvalue weighted by Gasteiger charge is 2.13. The van der Waals surface area contributed by atoms with Crippen molar-refractivity contribution in [2.24, 2.45) is 0 Å². The second-order valence-electron chi connectivity index (χ2n) is 3.57. The van der Waals surface area contributed by atoms with E-state index in [0.717, 1.165) is 5.69 Å². The van der Waals surface area contributed by atoms with Crippen molar-refractivity contribution >= 4 is 17.2 Å². The monoisotopic (exact) mass is 249 g/mol. The number of nitrogens with zero attached hydrogens (tertiary/aromatic N) is 2. The number of carbonyl (C=O) groups is 1. The number of thiazole rings is 1. The Morgan fingerprint density at radius 1 is 1.53 bits per heavy atom. The lowest BCUT2D eigenvalue weighted by atomic mass is 10.3. The second kappa shape index (κ2) is 4.92. The number of nitrogens with one attached hydrogen (secondary N) is 1. The fraction of sp³-hybridized carbons (Fsp3) is 0.182. The van der Waals surface area contributed by atoms with Crippen LogP contribution < -0.4 is 5.56 Å². The summed E-state index contributed by atoms with van der Waals surface area (Å²) in [7, 11) is 1.67. The molecule has 2 aromatic heterocycles. The second-order valence-corrected chi connectivity index (χ2v) is 4.29. The van der Waals surface area contributed by atoms with Gasteiger partial charge in [0.15, 0.2) is 0 Å². The molecule has 0 saturated heterocycles. The van der Waals surface area contributed by atoms with Crippen molar-refractivity contribution in [2.45, 2.75) is 6.54 Å². The van der Waals surface area contributed by atoms with Gasteiger partial charge in [0, 0.05) is 18.5 Å². The first-order valence-corrected chi connectivity index (χ1v) is 5.93. The average Bonchev–Trinajstić information content (AvgIpc) is 2.80. The van der Waals surface area contributed by atoms with E-state index >= 15 is 0 Å². The molecule has 0 radical (unpaired) electrons. The molecule has 0 aliphatic rings. The molecule has 5 nitrogen and oxygen atoms in total. The summed E-state index contributed by atoms with van der Waals surface area (Å²) in [6, 6.07) is 4.52. The van der Waals surface area contributed by atoms with Gasteiger partial charge in [-0.2, -0.15) is 0 Å². The Morgan fingerprint density at radius 2 is 2.35 bits per heavy atom. The summed E-state index contributed by atoms with van der Waals surface area (Å²) in [5.41, 5.74) is 2.56. The predicted molar refractivity (Wildman–Crippen MR) is 65.0 cm³/mol. The van der Waals surface area contributed by atoms with Crippen molar-refractivity contribution in [3.63, 3.8) is 0 Å². The van der Waals surface area contributed by atoms with E-state index in [1.54, 1.807) is 24.7 Å². The largest absolute Gasteiger partial charge is 0.335 e. The van der Waals surface area contributed by atoms with Gasteiger partial charge >= 0.3 is 0 Å². The Labute approximate surface area is 102 Å². The van der Waals surface area contributed by atoms with Crippen LogP contribution in [0.5, 0.6) is 0 Å². The van der Waals surface area contributed by atoms with Crippen LogP contribution in [0.15, 0.2) is 33.9 Å². The summed E-state index contributed by atoms with van der Waals surface area (Å²) < 4.78 is 0. The predicted octanol–water partition coefficient (Wildman–Crippen LogP) is 1.10. The van der Waals surface area contributed by atoms with Gasteiger partial charge < -0.3 is 9.88 Å². The van der Waals surface area contributed by atoms with E-state index < -0.39 is 0 Å². The first-order valence-electron chi connectivity index (χ1n) is 4.98. The van der Waals surface area contributed by atoms with Gasteiger partial charge in [-0.1, -0.05) is 6.07 Å². The molecular formula is C11H11N3O2S. The summed E-state index contributed by atoms with van der Waals surface area (Å²) >= 11 is 1.48. The molecule has 0 saturated carbocycles. The number of aromatic amines is 1. The van der Waals surface area contributed by atoms with Crippen molar-refractivity contribution in [3.05, 3.63) is 50.8 Å². The number of hydrogen-bond donors (Lipinski definition) is 1. The van der Waals surface area contributed by atoms with Crippen molar-refractivity contribution in [2.75, 3.05) is 7.05 Å². The van der Waals surface area contributed by atoms with Crippen LogP contribution >= 0.6 is 11.3 Å². The number of rotatable bonds is 3. The first-order chi connectivity index (χ1) is 8.16. The topological polar surface area (TPSA) is 66.1 Å². The molecule has 0 aromatic carbocycles. The van der Waals surface area contributed by atoms with Crippen LogP contribution in [0.1, 0.15) is 16.2 Å². The van der Waals surface area contributed by atoms with E-state index in [1.165, 1.54) is 22.3 Å². The highest BCUT2D eigenvalue weighted by Crippen LogP contribution is 2.06. The third-order valence-electron chi connectivity index (χ3n) is 2.23. The highest BCUT2D eigenvalue weighted by molar-refractivity contribution is 7.07. The lowest BCUT2D eigenvalue weighted by Gasteiger charge is -2.15. The lowest BCUT2D eigenvalue weighted by Crippen LogP contribution is -2.28. The normalized spacial score (nSPS) is 10.2. The highest BCUT2D eigenvalue weighted by atomic mass is 32.1. The van der Waals surface area contributed by atoms with E-state index in [2.05, 4.69) is 9.97 Å². The van der Waals surface area contributed by atoms with Crippen LogP contribution in [0.25, 0.3) is 0 Å². The molecule has 0 spiro atoms. The fourth-order valence-corrected chi connectivity index (χ4v) is 1.96. The van der Waals surface area contributed by atoms with Gasteiger partial charge in [-0.15, -0.1) is 11.3 Å². The van der Waals surface area contributed by atoms with Crippen LogP contribution in [-0.2, 0) is 6.54 Å². The van der Waals surface area contributed by atoms with E-state index in [4.69, 9.17) is 0 Å². The standard InChI is InChI=1S/C11H11N3O2S/c1-14(5-8-6-17-7-12-8)11(16)9-3-2-4-10(15)13-9/h2-4,6-7H,5H2,1H3,(H,13,15). The summed E-state index contributed by atoms with van der Waals surface area (Å²) in [4.78, 5) is 31.2. The maximum atomic E-state index is 12.0. The molecule has 17 heavy (non-hydrogen) atoms. The molecule has 6 heteroatoms. The zero-order valence-corrected chi connectivity index (χ0v) is 10.0. The third kappa shape index (κ3) is 2.79. The summed E-state index contributed by atoms with van der Waals surface area (Å²) in [6.07, 6.45) is 0. The molecule has 0 bridgehead atoms. The van der Waals surface area contributed by atoms with Crippen molar-refractivity contribution in [3.8, 4) is 0 Å². The van der Waals surface area contributed by atoms with E-state index in [9.17, 15) is 9.59 Å². The molecule has 2 heterocycles. The van der Waals surface area contributed by atoms with Gasteiger partial charge in [0.05, 0.1) is 17.7 Å². The van der Waals surface area contributed by atoms with E-state index in [-0.39, 0.29) is 17.2 Å². The van der Waals surface area contributed by atoms with E-state index in [1.807, 2.05) is 5.38 Å². The van der Waals surface area contributed by atoms with Crippen LogP contribution in [0, 0.1) is 0 Å². The average molecular weight is 249 g/mol. The van der Waals surface area contributed by atoms with Crippen molar-refractivity contribution in [1.82, 2.24) is 14.9 Å². The summed E-state index contributed by atoms with van der Waals surface area (Å²) in [5.74, 6) is -0.226. The molecule has 1 N–H and O–H groups in total. The van der Waals surface area contributed by atoms with Crippen LogP contribution in [0.2, 0.25) is 0 Å². The molecule has 2 rings (SSSR count). The van der Waals surface area contributed by atoms with Gasteiger partial charge in [-0.3, -0.25) is 9.59 Å². The maximum absolute atomic E-state index is 12.0. The van der Waals surface area contributed by atoms with Gasteiger partial charge in [0.1, 0.15) is 5.69 Å². The molecule has 0 aliphatic heterocycles. The van der Waals surface area contributed by atoms with Crippen LogP contribution in [-0.4, -0.2) is 27.8 Å². The molecular weight excluding hydrogens is 238 g/mol. The fourth-order valence-electron chi connectivity index (χ4n) is 1.41. The summed E-state index contributed by atoms with van der Waals surface area (Å²) in [5, 5.41) is 1.89. The zero-order chi connectivity index (χ0) is 12.3. The van der Waals surface area contributed by atoms with Crippen molar-refractivity contribution in [1.29, 1.82) is 0 Å². The number of hydrogen-bond acceptors (Lipinski definition) is 4. The molecule has 0 atom stereocenters. The number of aromatic nitrogens is 2. The number of carbonyl (C=O) groups excluding carboxylic acids is 1. The van der Waals surface area contributed by atoms with Gasteiger partial charge in [-0.25, -0.2) is 4.98 Å². The molecule has 0 unspecified atom stereocenters. The zero-order valence-electron chi connectivity index (χ0n) is 9.21. The van der Waals surface area contributed by atoms with Gasteiger partial charge in [0.2, 0.25) is 5.56 Å². The molecule has 2 aromatic rings. The Hall–Kier alpha value is -1.95. The minimum Gasteiger partial charge on any atom is -0.335 e. The minimum atomic E-state index is -0.280. The SMILES string of the molecule is CN(Cc1cscn1)C(=O)c1cccc(=O)[nH]1. The number of H-pyrrole nitrogens is 1. The smallest absolute Gasteiger partial charge is 0.270 e. The summed E-state index contributed by atoms with van der Waals surface area (Å²) in [6.45, 7) is 0.430. The molecule has 0 fully saturated rings. The Bertz CT molecular complexity index is 562. The van der Waals surface area contributed by atoms with Gasteiger partial charge in [-0.05, 0) is 6.07 Å². The Morgan fingerprint density at radius 3 is 3.00 bits per heavy atom. The van der Waals surface area contributed by atoms with Crippen molar-refractivity contribution < 1.29 is 4.79 Å². The molecule has 1 amide bonds. The Balaban J connectivity index is 2.12. The quantitative estimate of drug-likeness (QED) is 0.886. The number of amides is 1. The van der Waals surface area contributed by atoms with E-state index in [0.29, 0.717) is 6.54 Å². The minimum absolute atomic E-state index is 0.226. The molecule has 0 aliphatic carbocycles. The van der Waals surface area contributed by atoms with Gasteiger partial charge in [0.25, 0.3) is 5.91 Å². The maximum Gasteiger partial charge on any atom is 0.270 e. The van der Waals surface area contributed by atoms with Crippen LogP contribution in [0.3, 0.4) is 0 Å². The van der Waals surface area contributed by atoms with Crippen LogP contribution in [0.4, 0.5) is 0 Å². The third-order valence-corrected chi connectivity index (χ3v) is 2.86. The lowest BCUT2D eigenvalue weighted by molar-refractivity contribution is 0.0777. The molecule has 88 valence electrons. The first kappa shape index (κ1) is 11.5. The number of pyridine rings is 1. The Kier molecular flexibility index (Phi) is 3.34.